The van der Waals surface area contributed by atoms with Crippen molar-refractivity contribution in [1.29, 1.82) is 0 Å². The van der Waals surface area contributed by atoms with E-state index in [-0.39, 0.29) is 5.75 Å². The Morgan fingerprint density at radius 3 is 2.38 bits per heavy atom. The van der Waals surface area contributed by atoms with E-state index in [1.807, 2.05) is 12.1 Å². The summed E-state index contributed by atoms with van der Waals surface area (Å²) in [7, 11) is 1.68. The first-order chi connectivity index (χ1) is 11.4. The molecule has 0 amide bonds. The van der Waals surface area contributed by atoms with E-state index in [9.17, 15) is 18.3 Å². The molecule has 6 heteroatoms. The topological polar surface area (TPSA) is 45.2 Å². The van der Waals surface area contributed by atoms with E-state index in [1.54, 1.807) is 25.4 Å². The SMILES string of the molecule is CNC(c1ccc(C(F)(F)F)cc1)c1ccc2cccnc2c1O. The number of nitrogens with one attached hydrogen (secondary N) is 1. The van der Waals surface area contributed by atoms with Gasteiger partial charge in [-0.2, -0.15) is 13.2 Å². The molecule has 1 aromatic heterocycles. The lowest BCUT2D eigenvalue weighted by Gasteiger charge is -2.20. The molecule has 2 N–H and O–H groups in total. The van der Waals surface area contributed by atoms with Crippen molar-refractivity contribution >= 4 is 10.9 Å². The predicted molar refractivity (Wildman–Crippen MR) is 85.8 cm³/mol. The summed E-state index contributed by atoms with van der Waals surface area (Å²) in [5.41, 5.74) is 0.937. The van der Waals surface area contributed by atoms with Crippen LogP contribution in [0.25, 0.3) is 10.9 Å². The van der Waals surface area contributed by atoms with E-state index >= 15 is 0 Å². The Morgan fingerprint density at radius 2 is 1.75 bits per heavy atom. The number of fused-ring (bicyclic) bond motifs is 1. The summed E-state index contributed by atoms with van der Waals surface area (Å²) < 4.78 is 38.1. The highest BCUT2D eigenvalue weighted by atomic mass is 19.4. The first kappa shape index (κ1) is 16.3. The van der Waals surface area contributed by atoms with Gasteiger partial charge < -0.3 is 10.4 Å². The highest BCUT2D eigenvalue weighted by molar-refractivity contribution is 5.85. The van der Waals surface area contributed by atoms with Crippen LogP contribution in [-0.4, -0.2) is 17.1 Å². The van der Waals surface area contributed by atoms with Crippen molar-refractivity contribution in [2.75, 3.05) is 7.05 Å². The fourth-order valence-electron chi connectivity index (χ4n) is 2.74. The van der Waals surface area contributed by atoms with Crippen LogP contribution in [0, 0.1) is 0 Å². The van der Waals surface area contributed by atoms with E-state index in [4.69, 9.17) is 0 Å². The summed E-state index contributed by atoms with van der Waals surface area (Å²) in [4.78, 5) is 4.17. The minimum atomic E-state index is -4.37. The molecule has 0 saturated carbocycles. The monoisotopic (exact) mass is 332 g/mol. The van der Waals surface area contributed by atoms with Crippen LogP contribution in [0.1, 0.15) is 22.7 Å². The fraction of sp³-hybridized carbons (Fsp3) is 0.167. The first-order valence-electron chi connectivity index (χ1n) is 7.33. The molecule has 3 rings (SSSR count). The minimum Gasteiger partial charge on any atom is -0.505 e. The quantitative estimate of drug-likeness (QED) is 0.753. The lowest BCUT2D eigenvalue weighted by atomic mass is 9.95. The zero-order valence-electron chi connectivity index (χ0n) is 12.8. The minimum absolute atomic E-state index is 0.0207. The van der Waals surface area contributed by atoms with Crippen molar-refractivity contribution in [3.05, 3.63) is 71.4 Å². The fourth-order valence-corrected chi connectivity index (χ4v) is 2.74. The Balaban J connectivity index is 2.04. The molecule has 0 saturated heterocycles. The highest BCUT2D eigenvalue weighted by Crippen LogP contribution is 2.35. The van der Waals surface area contributed by atoms with Gasteiger partial charge in [0.25, 0.3) is 0 Å². The number of rotatable bonds is 3. The van der Waals surface area contributed by atoms with Crippen LogP contribution in [0.2, 0.25) is 0 Å². The summed E-state index contributed by atoms with van der Waals surface area (Å²) in [6.45, 7) is 0. The van der Waals surface area contributed by atoms with Crippen molar-refractivity contribution in [2.24, 2.45) is 0 Å². The van der Waals surface area contributed by atoms with Gasteiger partial charge in [-0.1, -0.05) is 30.3 Å². The Kier molecular flexibility index (Phi) is 4.15. The molecule has 0 spiro atoms. The van der Waals surface area contributed by atoms with Gasteiger partial charge in [0.1, 0.15) is 11.3 Å². The third-order valence-corrected chi connectivity index (χ3v) is 3.95. The van der Waals surface area contributed by atoms with Crippen LogP contribution in [-0.2, 0) is 6.18 Å². The molecule has 124 valence electrons. The average Bonchev–Trinajstić information content (AvgIpc) is 2.57. The van der Waals surface area contributed by atoms with E-state index in [0.29, 0.717) is 16.6 Å². The maximum atomic E-state index is 12.7. The number of pyridine rings is 1. The van der Waals surface area contributed by atoms with Crippen LogP contribution in [0.4, 0.5) is 13.2 Å². The molecule has 0 aliphatic heterocycles. The molecular formula is C18H15F3N2O. The van der Waals surface area contributed by atoms with E-state index < -0.39 is 17.8 Å². The molecule has 3 nitrogen and oxygen atoms in total. The second-order valence-corrected chi connectivity index (χ2v) is 5.42. The zero-order chi connectivity index (χ0) is 17.3. The van der Waals surface area contributed by atoms with Gasteiger partial charge in [0.15, 0.2) is 0 Å². The van der Waals surface area contributed by atoms with Gasteiger partial charge in [-0.05, 0) is 30.8 Å². The van der Waals surface area contributed by atoms with E-state index in [1.165, 1.54) is 12.1 Å². The summed E-state index contributed by atoms with van der Waals surface area (Å²) in [5.74, 6) is 0.0207. The standard InChI is InChI=1S/C18H15F3N2O/c1-22-15(12-4-7-13(8-5-12)18(19,20)21)14-9-6-11-3-2-10-23-16(11)17(14)24/h2-10,15,22,24H,1H3. The largest absolute Gasteiger partial charge is 0.505 e. The van der Waals surface area contributed by atoms with Gasteiger partial charge in [-0.3, -0.25) is 4.98 Å². The maximum Gasteiger partial charge on any atom is 0.416 e. The predicted octanol–water partition coefficient (Wildman–Crippen LogP) is 4.27. The van der Waals surface area contributed by atoms with Crippen molar-refractivity contribution in [3.8, 4) is 5.75 Å². The molecule has 0 aliphatic carbocycles. The van der Waals surface area contributed by atoms with Gasteiger partial charge in [0.05, 0.1) is 11.6 Å². The number of phenolic OH excluding ortho intramolecular Hbond substituents is 1. The molecule has 2 aromatic carbocycles. The molecule has 3 aromatic rings. The lowest BCUT2D eigenvalue weighted by Crippen LogP contribution is -2.18. The average molecular weight is 332 g/mol. The smallest absolute Gasteiger partial charge is 0.416 e. The van der Waals surface area contributed by atoms with Gasteiger partial charge >= 0.3 is 6.18 Å². The van der Waals surface area contributed by atoms with Crippen LogP contribution < -0.4 is 5.32 Å². The van der Waals surface area contributed by atoms with Crippen LogP contribution in [0.15, 0.2) is 54.7 Å². The first-order valence-corrected chi connectivity index (χ1v) is 7.33. The third-order valence-electron chi connectivity index (χ3n) is 3.95. The van der Waals surface area contributed by atoms with Crippen molar-refractivity contribution in [1.82, 2.24) is 10.3 Å². The normalized spacial score (nSPS) is 13.2. The Morgan fingerprint density at radius 1 is 1.04 bits per heavy atom. The van der Waals surface area contributed by atoms with Crippen molar-refractivity contribution < 1.29 is 18.3 Å². The number of alkyl halides is 3. The van der Waals surface area contributed by atoms with Gasteiger partial charge in [0.2, 0.25) is 0 Å². The number of hydrogen-bond donors (Lipinski definition) is 2. The third kappa shape index (κ3) is 2.92. The molecule has 1 unspecified atom stereocenters. The lowest BCUT2D eigenvalue weighted by molar-refractivity contribution is -0.137. The molecule has 24 heavy (non-hydrogen) atoms. The number of aromatic hydroxyl groups is 1. The Labute approximate surface area is 136 Å². The molecule has 1 atom stereocenters. The molecule has 1 heterocycles. The van der Waals surface area contributed by atoms with Gasteiger partial charge in [-0.15, -0.1) is 0 Å². The Hall–Kier alpha value is -2.60. The van der Waals surface area contributed by atoms with Crippen LogP contribution in [0.5, 0.6) is 5.75 Å². The number of nitrogens with zero attached hydrogens (tertiary/aromatic N) is 1. The zero-order valence-corrected chi connectivity index (χ0v) is 12.8. The van der Waals surface area contributed by atoms with Crippen molar-refractivity contribution in [3.63, 3.8) is 0 Å². The number of hydrogen-bond acceptors (Lipinski definition) is 3. The van der Waals surface area contributed by atoms with Gasteiger partial charge in [-0.25, -0.2) is 0 Å². The number of halogens is 3. The summed E-state index contributed by atoms with van der Waals surface area (Å²) in [6, 6.07) is 11.6. The summed E-state index contributed by atoms with van der Waals surface area (Å²) >= 11 is 0. The second-order valence-electron chi connectivity index (χ2n) is 5.42. The Bertz CT molecular complexity index is 860. The summed E-state index contributed by atoms with van der Waals surface area (Å²) in [6.07, 6.45) is -2.79. The van der Waals surface area contributed by atoms with Crippen molar-refractivity contribution in [2.45, 2.75) is 12.2 Å². The van der Waals surface area contributed by atoms with Crippen LogP contribution >= 0.6 is 0 Å². The number of aromatic nitrogens is 1. The molecule has 0 radical (unpaired) electrons. The van der Waals surface area contributed by atoms with Crippen LogP contribution in [0.3, 0.4) is 0 Å². The number of phenols is 1. The van der Waals surface area contributed by atoms with E-state index in [2.05, 4.69) is 10.3 Å². The molecule has 0 fully saturated rings. The number of benzene rings is 2. The molecule has 0 bridgehead atoms. The summed E-state index contributed by atoms with van der Waals surface area (Å²) in [5, 5.41) is 14.3. The van der Waals surface area contributed by atoms with Gasteiger partial charge in [0, 0.05) is 17.1 Å². The highest BCUT2D eigenvalue weighted by Gasteiger charge is 2.30. The molecule has 0 aliphatic rings. The second kappa shape index (κ2) is 6.13. The molecular weight excluding hydrogens is 317 g/mol. The van der Waals surface area contributed by atoms with E-state index in [0.717, 1.165) is 17.5 Å². The maximum absolute atomic E-state index is 12.7.